The average Bonchev–Trinajstić information content (AvgIpc) is 2.70. The van der Waals surface area contributed by atoms with Crippen molar-refractivity contribution in [3.63, 3.8) is 0 Å². The van der Waals surface area contributed by atoms with Gasteiger partial charge < -0.3 is 4.74 Å². The lowest BCUT2D eigenvalue weighted by molar-refractivity contribution is 0.0731. The number of rotatable bonds is 8. The molecule has 2 aromatic carbocycles. The smallest absolute Gasteiger partial charge is 0.344 e. The minimum absolute atomic E-state index is 0.0932. The highest BCUT2D eigenvalue weighted by Gasteiger charge is 2.28. The summed E-state index contributed by atoms with van der Waals surface area (Å²) in [4.78, 5) is 13.5. The van der Waals surface area contributed by atoms with Crippen LogP contribution in [0.2, 0.25) is 0 Å². The van der Waals surface area contributed by atoms with Gasteiger partial charge in [-0.1, -0.05) is 81.4 Å². The van der Waals surface area contributed by atoms with Crippen molar-refractivity contribution in [2.24, 2.45) is 0 Å². The summed E-state index contributed by atoms with van der Waals surface area (Å²) >= 11 is 0. The summed E-state index contributed by atoms with van der Waals surface area (Å²) in [5, 5.41) is 0. The minimum atomic E-state index is -4.44. The quantitative estimate of drug-likeness (QED) is 0.233. The van der Waals surface area contributed by atoms with Crippen LogP contribution in [0.4, 0.5) is 0 Å². The van der Waals surface area contributed by atoms with Crippen LogP contribution in [0.25, 0.3) is 0 Å². The molecule has 0 fully saturated rings. The number of benzene rings is 2. The lowest BCUT2D eigenvalue weighted by atomic mass is 9.84. The summed E-state index contributed by atoms with van der Waals surface area (Å²) in [6.07, 6.45) is 0. The van der Waals surface area contributed by atoms with Gasteiger partial charge in [-0.3, -0.25) is 4.55 Å². The molecule has 34 heavy (non-hydrogen) atoms. The molecule has 2 rings (SSSR count). The Labute approximate surface area is 205 Å². The molecule has 0 spiro atoms. The zero-order chi connectivity index (χ0) is 26.1. The van der Waals surface area contributed by atoms with Gasteiger partial charge in [-0.15, -0.1) is 0 Å². The lowest BCUT2D eigenvalue weighted by Crippen LogP contribution is -2.18. The van der Waals surface area contributed by atoms with E-state index in [2.05, 4.69) is 53.7 Å². The van der Waals surface area contributed by atoms with E-state index < -0.39 is 16.1 Å². The number of hydrogen-bond acceptors (Lipinski definition) is 4. The fourth-order valence-electron chi connectivity index (χ4n) is 4.21. The molecule has 2 aromatic rings. The SMILES string of the molecule is CC(C)c1cc(C(C)C)c(C(=O)Oc2cc(C(C)C)c(S(=O)(=O)O)c(C(C)C)c2)c(C(C)C)c1. The molecular formula is C28H40O5S. The van der Waals surface area contributed by atoms with Gasteiger partial charge in [0.15, 0.2) is 0 Å². The monoisotopic (exact) mass is 488 g/mol. The molecular weight excluding hydrogens is 448 g/mol. The lowest BCUT2D eigenvalue weighted by Gasteiger charge is -2.23. The molecule has 0 saturated carbocycles. The van der Waals surface area contributed by atoms with Crippen molar-refractivity contribution in [3.05, 3.63) is 57.6 Å². The van der Waals surface area contributed by atoms with Crippen LogP contribution in [0.1, 0.15) is 137 Å². The molecule has 5 nitrogen and oxygen atoms in total. The Morgan fingerprint density at radius 2 is 1.06 bits per heavy atom. The topological polar surface area (TPSA) is 80.7 Å². The predicted octanol–water partition coefficient (Wildman–Crippen LogP) is 7.77. The Kier molecular flexibility index (Phi) is 8.76. The standard InChI is InChI=1S/C28H40O5S/c1-15(2)20-11-22(16(3)4)26(23(12-20)17(5)6)28(29)33-21-13-24(18(7)8)27(34(30,31)32)25(14-21)19(9)10/h11-19H,1-10H3,(H,30,31,32). The van der Waals surface area contributed by atoms with Gasteiger partial charge in [0.2, 0.25) is 0 Å². The first kappa shape index (κ1) is 28.1. The number of esters is 1. The molecule has 0 radical (unpaired) electrons. The second-order valence-corrected chi connectivity index (χ2v) is 12.0. The van der Waals surface area contributed by atoms with Crippen molar-refractivity contribution in [2.45, 2.75) is 104 Å². The Bertz CT molecular complexity index is 1100. The summed E-state index contributed by atoms with van der Waals surface area (Å²) in [6, 6.07) is 7.31. The molecule has 0 aliphatic carbocycles. The first-order valence-corrected chi connectivity index (χ1v) is 13.5. The maximum absolute atomic E-state index is 13.6. The Morgan fingerprint density at radius 3 is 1.35 bits per heavy atom. The fraction of sp³-hybridized carbons (Fsp3) is 0.536. The number of carbonyl (C=O) groups is 1. The highest BCUT2D eigenvalue weighted by atomic mass is 32.2. The molecule has 0 heterocycles. The maximum atomic E-state index is 13.6. The van der Waals surface area contributed by atoms with Crippen LogP contribution in [-0.4, -0.2) is 18.9 Å². The van der Waals surface area contributed by atoms with Crippen LogP contribution in [-0.2, 0) is 10.1 Å². The van der Waals surface area contributed by atoms with E-state index in [1.807, 2.05) is 27.7 Å². The second kappa shape index (κ2) is 10.6. The van der Waals surface area contributed by atoms with E-state index >= 15 is 0 Å². The van der Waals surface area contributed by atoms with Crippen LogP contribution in [0.15, 0.2) is 29.2 Å². The normalized spacial score (nSPS) is 12.5. The molecule has 0 saturated heterocycles. The zero-order valence-electron chi connectivity index (χ0n) is 22.2. The van der Waals surface area contributed by atoms with Gasteiger partial charge in [0.1, 0.15) is 10.6 Å². The molecule has 0 bridgehead atoms. The van der Waals surface area contributed by atoms with Crippen LogP contribution >= 0.6 is 0 Å². The van der Waals surface area contributed by atoms with Crippen molar-refractivity contribution in [2.75, 3.05) is 0 Å². The Hall–Kier alpha value is -2.18. The fourth-order valence-corrected chi connectivity index (χ4v) is 5.39. The van der Waals surface area contributed by atoms with Crippen molar-refractivity contribution in [3.8, 4) is 5.75 Å². The van der Waals surface area contributed by atoms with Crippen molar-refractivity contribution < 1.29 is 22.5 Å². The molecule has 188 valence electrons. The van der Waals surface area contributed by atoms with E-state index in [-0.39, 0.29) is 34.3 Å². The van der Waals surface area contributed by atoms with Crippen LogP contribution < -0.4 is 4.74 Å². The average molecular weight is 489 g/mol. The van der Waals surface area contributed by atoms with E-state index in [4.69, 9.17) is 4.74 Å². The third-order valence-corrected chi connectivity index (χ3v) is 7.16. The van der Waals surface area contributed by atoms with E-state index in [0.29, 0.717) is 22.6 Å². The van der Waals surface area contributed by atoms with Crippen molar-refractivity contribution >= 4 is 16.1 Å². The van der Waals surface area contributed by atoms with Gasteiger partial charge in [-0.05, 0) is 69.5 Å². The Morgan fingerprint density at radius 1 is 0.676 bits per heavy atom. The van der Waals surface area contributed by atoms with E-state index in [1.54, 1.807) is 12.1 Å². The third-order valence-electron chi connectivity index (χ3n) is 6.17. The van der Waals surface area contributed by atoms with Crippen molar-refractivity contribution in [1.82, 2.24) is 0 Å². The van der Waals surface area contributed by atoms with E-state index in [9.17, 15) is 17.8 Å². The molecule has 0 unspecified atom stereocenters. The van der Waals surface area contributed by atoms with Crippen LogP contribution in [0.3, 0.4) is 0 Å². The van der Waals surface area contributed by atoms with Gasteiger partial charge in [-0.25, -0.2) is 4.79 Å². The number of hydrogen-bond donors (Lipinski definition) is 1. The minimum Gasteiger partial charge on any atom is -0.423 e. The number of ether oxygens (including phenoxy) is 1. The Balaban J connectivity index is 2.73. The highest BCUT2D eigenvalue weighted by Crippen LogP contribution is 2.37. The van der Waals surface area contributed by atoms with E-state index in [1.165, 1.54) is 5.56 Å². The summed E-state index contributed by atoms with van der Waals surface area (Å²) in [5.74, 6) is 0.00652. The molecule has 0 atom stereocenters. The summed E-state index contributed by atoms with van der Waals surface area (Å²) in [7, 11) is -4.44. The van der Waals surface area contributed by atoms with Gasteiger partial charge >= 0.3 is 5.97 Å². The first-order valence-electron chi connectivity index (χ1n) is 12.1. The molecule has 6 heteroatoms. The molecule has 0 aromatic heterocycles. The van der Waals surface area contributed by atoms with Gasteiger partial charge in [0.25, 0.3) is 10.1 Å². The first-order chi connectivity index (χ1) is 15.6. The summed E-state index contributed by atoms with van der Waals surface area (Å²) in [6.45, 7) is 19.9. The molecule has 0 amide bonds. The third kappa shape index (κ3) is 6.08. The van der Waals surface area contributed by atoms with Gasteiger partial charge in [-0.2, -0.15) is 8.42 Å². The second-order valence-electron chi connectivity index (χ2n) is 10.6. The molecule has 0 aliphatic rings. The maximum Gasteiger partial charge on any atom is 0.344 e. The van der Waals surface area contributed by atoms with Gasteiger partial charge in [0.05, 0.1) is 5.56 Å². The number of carbonyl (C=O) groups excluding carboxylic acids is 1. The summed E-state index contributed by atoms with van der Waals surface area (Å²) in [5.41, 5.74) is 4.51. The van der Waals surface area contributed by atoms with Crippen molar-refractivity contribution in [1.29, 1.82) is 0 Å². The van der Waals surface area contributed by atoms with Gasteiger partial charge in [0, 0.05) is 0 Å². The highest BCUT2D eigenvalue weighted by molar-refractivity contribution is 7.86. The zero-order valence-corrected chi connectivity index (χ0v) is 23.0. The van der Waals surface area contributed by atoms with Crippen LogP contribution in [0.5, 0.6) is 5.75 Å². The predicted molar refractivity (Wildman–Crippen MR) is 138 cm³/mol. The summed E-state index contributed by atoms with van der Waals surface area (Å²) < 4.78 is 40.3. The van der Waals surface area contributed by atoms with E-state index in [0.717, 1.165) is 11.1 Å². The largest absolute Gasteiger partial charge is 0.423 e. The van der Waals surface area contributed by atoms with Crippen LogP contribution in [0, 0.1) is 0 Å². The molecule has 0 aliphatic heterocycles. The molecule has 1 N–H and O–H groups in total.